The van der Waals surface area contributed by atoms with Crippen LogP contribution in [0.3, 0.4) is 0 Å². The van der Waals surface area contributed by atoms with Crippen molar-refractivity contribution in [1.29, 1.82) is 0 Å². The molecule has 0 amide bonds. The molecule has 0 aliphatic rings. The minimum Gasteiger partial charge on any atom is -0.339 e. The number of hydrogen-bond acceptors (Lipinski definition) is 4. The molecular weight excluding hydrogens is 238 g/mol. The maximum Gasteiger partial charge on any atom is 0.228 e. The van der Waals surface area contributed by atoms with Crippen LogP contribution in [-0.4, -0.2) is 17.2 Å². The zero-order valence-corrected chi connectivity index (χ0v) is 12.0. The summed E-state index contributed by atoms with van der Waals surface area (Å²) >= 11 is 0. The van der Waals surface area contributed by atoms with Crippen molar-refractivity contribution in [3.63, 3.8) is 0 Å². The fourth-order valence-corrected chi connectivity index (χ4v) is 1.89. The van der Waals surface area contributed by atoms with E-state index in [-0.39, 0.29) is 11.5 Å². The summed E-state index contributed by atoms with van der Waals surface area (Å²) in [5.41, 5.74) is 1.14. The second-order valence-corrected chi connectivity index (χ2v) is 5.72. The molecule has 0 aliphatic heterocycles. The third-order valence-electron chi connectivity index (χ3n) is 3.07. The molecule has 4 heteroatoms. The first-order valence-corrected chi connectivity index (χ1v) is 6.56. The van der Waals surface area contributed by atoms with Gasteiger partial charge in [-0.05, 0) is 12.6 Å². The molecule has 1 aromatic heterocycles. The van der Waals surface area contributed by atoms with Gasteiger partial charge in [0.1, 0.15) is 0 Å². The van der Waals surface area contributed by atoms with Crippen molar-refractivity contribution >= 4 is 0 Å². The van der Waals surface area contributed by atoms with Gasteiger partial charge in [0.25, 0.3) is 0 Å². The number of nitrogens with zero attached hydrogens (tertiary/aromatic N) is 2. The van der Waals surface area contributed by atoms with Crippen molar-refractivity contribution in [3.8, 4) is 0 Å². The van der Waals surface area contributed by atoms with Crippen molar-refractivity contribution < 1.29 is 4.52 Å². The van der Waals surface area contributed by atoms with E-state index < -0.39 is 0 Å². The lowest BCUT2D eigenvalue weighted by molar-refractivity contribution is 0.350. The molecule has 0 aliphatic carbocycles. The van der Waals surface area contributed by atoms with Gasteiger partial charge in [-0.15, -0.1) is 0 Å². The Hall–Kier alpha value is -1.68. The maximum atomic E-state index is 5.34. The van der Waals surface area contributed by atoms with Crippen LogP contribution in [0.25, 0.3) is 0 Å². The molecule has 0 saturated heterocycles. The third-order valence-corrected chi connectivity index (χ3v) is 3.07. The van der Waals surface area contributed by atoms with Crippen LogP contribution >= 0.6 is 0 Å². The van der Waals surface area contributed by atoms with Crippen LogP contribution in [0.4, 0.5) is 0 Å². The summed E-state index contributed by atoms with van der Waals surface area (Å²) in [6, 6.07) is 10.5. The van der Waals surface area contributed by atoms with Gasteiger partial charge in [0, 0.05) is 17.9 Å². The summed E-state index contributed by atoms with van der Waals surface area (Å²) in [6.07, 6.45) is 0.698. The Bertz CT molecular complexity index is 514. The van der Waals surface area contributed by atoms with Crippen molar-refractivity contribution in [2.45, 2.75) is 38.6 Å². The van der Waals surface area contributed by atoms with E-state index in [0.717, 1.165) is 5.82 Å². The van der Waals surface area contributed by atoms with E-state index in [1.54, 1.807) is 0 Å². The molecule has 102 valence electrons. The van der Waals surface area contributed by atoms with Gasteiger partial charge in [0.2, 0.25) is 5.89 Å². The Morgan fingerprint density at radius 2 is 1.89 bits per heavy atom. The van der Waals surface area contributed by atoms with Gasteiger partial charge in [0.05, 0.1) is 0 Å². The van der Waals surface area contributed by atoms with Gasteiger partial charge in [-0.2, -0.15) is 4.98 Å². The highest BCUT2D eigenvalue weighted by molar-refractivity contribution is 5.19. The lowest BCUT2D eigenvalue weighted by atomic mass is 9.96. The molecule has 0 radical (unpaired) electrons. The molecule has 0 spiro atoms. The van der Waals surface area contributed by atoms with E-state index in [9.17, 15) is 0 Å². The van der Waals surface area contributed by atoms with Crippen LogP contribution in [0.5, 0.6) is 0 Å². The standard InChI is InChI=1S/C15H21N3O/c1-15(2,3)14-17-13(19-18-14)10-12(16-4)11-8-6-5-7-9-11/h5-9,12,16H,10H2,1-4H3. The van der Waals surface area contributed by atoms with Crippen molar-refractivity contribution in [1.82, 2.24) is 15.5 Å². The van der Waals surface area contributed by atoms with Crippen LogP contribution in [-0.2, 0) is 11.8 Å². The van der Waals surface area contributed by atoms with Crippen molar-refractivity contribution in [2.75, 3.05) is 7.05 Å². The van der Waals surface area contributed by atoms with E-state index in [2.05, 4.69) is 48.4 Å². The Kier molecular flexibility index (Phi) is 4.00. The first kappa shape index (κ1) is 13.7. The molecule has 1 aromatic carbocycles. The Morgan fingerprint density at radius 3 is 2.42 bits per heavy atom. The fraction of sp³-hybridized carbons (Fsp3) is 0.467. The molecule has 1 heterocycles. The van der Waals surface area contributed by atoms with E-state index >= 15 is 0 Å². The monoisotopic (exact) mass is 259 g/mol. The molecule has 2 aromatic rings. The molecule has 19 heavy (non-hydrogen) atoms. The molecule has 0 fully saturated rings. The third kappa shape index (κ3) is 3.41. The number of rotatable bonds is 4. The normalized spacial score (nSPS) is 13.5. The summed E-state index contributed by atoms with van der Waals surface area (Å²) in [4.78, 5) is 4.48. The highest BCUT2D eigenvalue weighted by atomic mass is 16.5. The number of hydrogen-bond donors (Lipinski definition) is 1. The summed E-state index contributed by atoms with van der Waals surface area (Å²) in [5.74, 6) is 1.43. The predicted octanol–water partition coefficient (Wildman–Crippen LogP) is 2.87. The molecule has 1 atom stereocenters. The molecule has 1 unspecified atom stereocenters. The maximum absolute atomic E-state index is 5.34. The summed E-state index contributed by atoms with van der Waals surface area (Å²) < 4.78 is 5.34. The molecular formula is C15H21N3O. The zero-order valence-electron chi connectivity index (χ0n) is 12.0. The van der Waals surface area contributed by atoms with Crippen LogP contribution in [0.2, 0.25) is 0 Å². The van der Waals surface area contributed by atoms with Crippen molar-refractivity contribution in [2.24, 2.45) is 0 Å². The van der Waals surface area contributed by atoms with E-state index in [1.807, 2.05) is 25.2 Å². The molecule has 2 rings (SSSR count). The molecule has 4 nitrogen and oxygen atoms in total. The number of benzene rings is 1. The lowest BCUT2D eigenvalue weighted by Crippen LogP contribution is -2.19. The molecule has 0 bridgehead atoms. The van der Waals surface area contributed by atoms with Gasteiger partial charge in [-0.3, -0.25) is 0 Å². The van der Waals surface area contributed by atoms with Crippen LogP contribution in [0, 0.1) is 0 Å². The second-order valence-electron chi connectivity index (χ2n) is 5.72. The second kappa shape index (κ2) is 5.53. The summed E-state index contributed by atoms with van der Waals surface area (Å²) in [5, 5.41) is 7.34. The largest absolute Gasteiger partial charge is 0.339 e. The number of nitrogens with one attached hydrogen (secondary N) is 1. The quantitative estimate of drug-likeness (QED) is 0.917. The fourth-order valence-electron chi connectivity index (χ4n) is 1.89. The Morgan fingerprint density at radius 1 is 1.21 bits per heavy atom. The molecule has 1 N–H and O–H groups in total. The lowest BCUT2D eigenvalue weighted by Gasteiger charge is -2.14. The number of likely N-dealkylation sites (N-methyl/N-ethyl adjacent to an activating group) is 1. The van der Waals surface area contributed by atoms with Crippen LogP contribution < -0.4 is 5.32 Å². The van der Waals surface area contributed by atoms with Gasteiger partial charge in [-0.1, -0.05) is 56.3 Å². The smallest absolute Gasteiger partial charge is 0.228 e. The average molecular weight is 259 g/mol. The van der Waals surface area contributed by atoms with Gasteiger partial charge >= 0.3 is 0 Å². The Labute approximate surface area is 114 Å². The Balaban J connectivity index is 2.13. The van der Waals surface area contributed by atoms with E-state index in [4.69, 9.17) is 4.52 Å². The minimum atomic E-state index is -0.0797. The average Bonchev–Trinajstić information content (AvgIpc) is 2.85. The molecule has 0 saturated carbocycles. The predicted molar refractivity (Wildman–Crippen MR) is 74.9 cm³/mol. The highest BCUT2D eigenvalue weighted by Crippen LogP contribution is 2.21. The van der Waals surface area contributed by atoms with E-state index in [0.29, 0.717) is 12.3 Å². The zero-order chi connectivity index (χ0) is 13.9. The van der Waals surface area contributed by atoms with Crippen molar-refractivity contribution in [3.05, 3.63) is 47.6 Å². The topological polar surface area (TPSA) is 51.0 Å². The van der Waals surface area contributed by atoms with Gasteiger partial charge in [-0.25, -0.2) is 0 Å². The highest BCUT2D eigenvalue weighted by Gasteiger charge is 2.22. The van der Waals surface area contributed by atoms with Crippen LogP contribution in [0.1, 0.15) is 44.1 Å². The van der Waals surface area contributed by atoms with Gasteiger partial charge in [0.15, 0.2) is 5.82 Å². The SMILES string of the molecule is CNC(Cc1nc(C(C)(C)C)no1)c1ccccc1. The van der Waals surface area contributed by atoms with Gasteiger partial charge < -0.3 is 9.84 Å². The summed E-state index contributed by atoms with van der Waals surface area (Å²) in [7, 11) is 1.94. The summed E-state index contributed by atoms with van der Waals surface area (Å²) in [6.45, 7) is 6.23. The van der Waals surface area contributed by atoms with Crippen LogP contribution in [0.15, 0.2) is 34.9 Å². The first-order chi connectivity index (χ1) is 9.00. The first-order valence-electron chi connectivity index (χ1n) is 6.56. The minimum absolute atomic E-state index is 0.0797. The number of aromatic nitrogens is 2. The van der Waals surface area contributed by atoms with E-state index in [1.165, 1.54) is 5.56 Å².